The van der Waals surface area contributed by atoms with Gasteiger partial charge in [-0.1, -0.05) is 75.7 Å². The molecule has 0 fully saturated rings. The maximum atomic E-state index is 14.3. The summed E-state index contributed by atoms with van der Waals surface area (Å²) in [6.45, 7) is 7.09. The van der Waals surface area contributed by atoms with E-state index in [0.29, 0.717) is 25.9 Å². The molecule has 0 spiro atoms. The molecule has 0 saturated carbocycles. The van der Waals surface area contributed by atoms with Crippen LogP contribution in [0.5, 0.6) is 0 Å². The number of nitrogens with two attached hydrogens (primary N) is 1. The standard InChI is InChI=1S/C41H58N10O5/c1-4-5-18-45-34(22-30-24-43-26-48-30)40(55)50-35(20-28-13-7-6-8-14-28)41(56)49-33(17-11-12-19-44-27(2)3)39(54)51-36(38(53)47-25-37(42)52)21-29-23-46-32-16-10-9-15-31(29)32/h6-10,13-16,23-24,26-27,33-36,44-46H,4-5,11-12,17-22,25H2,1-3H3,(H2,42,52)(H,43,48)(H,47,53)(H,49,56)(H,50,55)(H,51,54)/t33-,34-,35+,36-/m0/s1. The maximum absolute atomic E-state index is 14.3. The minimum Gasteiger partial charge on any atom is -0.368 e. The molecular weight excluding hydrogens is 713 g/mol. The van der Waals surface area contributed by atoms with Gasteiger partial charge in [0, 0.05) is 54.3 Å². The molecule has 2 aromatic heterocycles. The molecule has 4 rings (SSSR count). The van der Waals surface area contributed by atoms with Crippen molar-refractivity contribution in [3.05, 3.63) is 90.1 Å². The number of para-hydroxylation sites is 1. The second-order valence-corrected chi connectivity index (χ2v) is 14.4. The van der Waals surface area contributed by atoms with E-state index in [-0.39, 0.29) is 31.2 Å². The third-order valence-electron chi connectivity index (χ3n) is 9.41. The Hall–Kier alpha value is -5.54. The molecule has 0 saturated heterocycles. The fourth-order valence-corrected chi connectivity index (χ4v) is 6.36. The first-order valence-electron chi connectivity index (χ1n) is 19.5. The molecule has 15 nitrogen and oxygen atoms in total. The van der Waals surface area contributed by atoms with Crippen molar-refractivity contribution < 1.29 is 24.0 Å². The lowest BCUT2D eigenvalue weighted by Gasteiger charge is -2.27. The largest absolute Gasteiger partial charge is 0.368 e. The Morgan fingerprint density at radius 1 is 0.714 bits per heavy atom. The number of carbonyl (C=O) groups excluding carboxylic acids is 5. The normalized spacial score (nSPS) is 13.4. The number of aromatic amines is 2. The van der Waals surface area contributed by atoms with Crippen molar-refractivity contribution in [1.29, 1.82) is 0 Å². The van der Waals surface area contributed by atoms with Crippen molar-refractivity contribution in [2.24, 2.45) is 5.73 Å². The smallest absolute Gasteiger partial charge is 0.243 e. The van der Waals surface area contributed by atoms with Crippen LogP contribution >= 0.6 is 0 Å². The first kappa shape index (κ1) is 43.2. The summed E-state index contributed by atoms with van der Waals surface area (Å²) in [6.07, 6.45) is 9.01. The van der Waals surface area contributed by atoms with Crippen molar-refractivity contribution in [3.8, 4) is 0 Å². The van der Waals surface area contributed by atoms with Crippen LogP contribution in [0.1, 0.15) is 69.7 Å². The van der Waals surface area contributed by atoms with Crippen LogP contribution in [0.2, 0.25) is 0 Å². The SMILES string of the molecule is CCCCN[C@@H](Cc1cnc[nH]1)C(=O)N[C@H](Cc1ccccc1)C(=O)N[C@@H](CCCCNC(C)C)C(=O)N[C@@H](Cc1c[nH]c2ccccc12)C(=O)NCC(N)=O. The van der Waals surface area contributed by atoms with Gasteiger partial charge in [0.05, 0.1) is 18.9 Å². The fourth-order valence-electron chi connectivity index (χ4n) is 6.36. The highest BCUT2D eigenvalue weighted by Crippen LogP contribution is 2.19. The first-order chi connectivity index (χ1) is 27.0. The number of primary amides is 1. The number of nitrogens with one attached hydrogen (secondary N) is 8. The van der Waals surface area contributed by atoms with E-state index >= 15 is 0 Å². The highest BCUT2D eigenvalue weighted by molar-refractivity contribution is 5.96. The summed E-state index contributed by atoms with van der Waals surface area (Å²) in [5.74, 6) is -2.80. The van der Waals surface area contributed by atoms with E-state index in [0.717, 1.165) is 47.0 Å². The van der Waals surface area contributed by atoms with Gasteiger partial charge in [-0.25, -0.2) is 4.98 Å². The monoisotopic (exact) mass is 770 g/mol. The molecule has 0 aliphatic carbocycles. The summed E-state index contributed by atoms with van der Waals surface area (Å²) in [7, 11) is 0. The zero-order chi connectivity index (χ0) is 40.3. The highest BCUT2D eigenvalue weighted by Gasteiger charge is 2.32. The summed E-state index contributed by atoms with van der Waals surface area (Å²) in [5.41, 5.74) is 8.55. The summed E-state index contributed by atoms with van der Waals surface area (Å²) in [6, 6.07) is 13.4. The molecule has 2 aromatic carbocycles. The fraction of sp³-hybridized carbons (Fsp3) is 0.463. The topological polar surface area (TPSA) is 228 Å². The van der Waals surface area contributed by atoms with Gasteiger partial charge in [0.25, 0.3) is 0 Å². The third kappa shape index (κ3) is 14.3. The number of amides is 5. The summed E-state index contributed by atoms with van der Waals surface area (Å²) in [5, 5.41) is 18.8. The van der Waals surface area contributed by atoms with Crippen LogP contribution in [0.25, 0.3) is 10.9 Å². The van der Waals surface area contributed by atoms with Gasteiger partial charge in [-0.2, -0.15) is 0 Å². The van der Waals surface area contributed by atoms with Gasteiger partial charge >= 0.3 is 0 Å². The number of carbonyl (C=O) groups is 5. The number of hydrogen-bond donors (Lipinski definition) is 9. The number of hydrogen-bond acceptors (Lipinski definition) is 8. The van der Waals surface area contributed by atoms with E-state index < -0.39 is 54.3 Å². The zero-order valence-electron chi connectivity index (χ0n) is 32.7. The molecule has 0 radical (unpaired) electrons. The molecule has 0 bridgehead atoms. The second kappa shape index (κ2) is 22.7. The average molecular weight is 771 g/mol. The molecule has 56 heavy (non-hydrogen) atoms. The number of imidazole rings is 1. The van der Waals surface area contributed by atoms with Crippen LogP contribution in [0.15, 0.2) is 73.3 Å². The molecule has 5 amide bonds. The van der Waals surface area contributed by atoms with E-state index in [1.165, 1.54) is 0 Å². The van der Waals surface area contributed by atoms with Crippen LogP contribution in [0, 0.1) is 0 Å². The molecule has 2 heterocycles. The Labute approximate surface area is 328 Å². The molecule has 0 aliphatic heterocycles. The van der Waals surface area contributed by atoms with Gasteiger partial charge in [0.2, 0.25) is 29.5 Å². The van der Waals surface area contributed by atoms with Crippen LogP contribution in [-0.2, 0) is 43.2 Å². The summed E-state index contributed by atoms with van der Waals surface area (Å²) >= 11 is 0. The Morgan fingerprint density at radius 3 is 2.07 bits per heavy atom. The molecule has 15 heteroatoms. The molecule has 0 unspecified atom stereocenters. The third-order valence-corrected chi connectivity index (χ3v) is 9.41. The van der Waals surface area contributed by atoms with Gasteiger partial charge in [-0.3, -0.25) is 24.0 Å². The maximum Gasteiger partial charge on any atom is 0.243 e. The molecule has 4 atom stereocenters. The number of benzene rings is 2. The summed E-state index contributed by atoms with van der Waals surface area (Å²) < 4.78 is 0. The first-order valence-corrected chi connectivity index (χ1v) is 19.5. The van der Waals surface area contributed by atoms with E-state index in [9.17, 15) is 24.0 Å². The second-order valence-electron chi connectivity index (χ2n) is 14.4. The van der Waals surface area contributed by atoms with Gasteiger partial charge in [0.15, 0.2) is 0 Å². The number of unbranched alkanes of at least 4 members (excludes halogenated alkanes) is 2. The Balaban J connectivity index is 1.58. The highest BCUT2D eigenvalue weighted by atomic mass is 16.2. The molecule has 302 valence electrons. The zero-order valence-corrected chi connectivity index (χ0v) is 32.7. The molecule has 10 N–H and O–H groups in total. The lowest BCUT2D eigenvalue weighted by molar-refractivity contribution is -0.134. The number of nitrogens with zero attached hydrogens (tertiary/aromatic N) is 1. The van der Waals surface area contributed by atoms with Gasteiger partial charge in [-0.05, 0) is 56.0 Å². The predicted molar refractivity (Wildman–Crippen MR) is 216 cm³/mol. The predicted octanol–water partition coefficient (Wildman–Crippen LogP) is 1.90. The number of H-pyrrole nitrogens is 2. The van der Waals surface area contributed by atoms with Crippen LogP contribution in [0.3, 0.4) is 0 Å². The molecule has 0 aliphatic rings. The Kier molecular flexibility index (Phi) is 17.5. The number of aromatic nitrogens is 3. The average Bonchev–Trinajstić information content (AvgIpc) is 3.85. The van der Waals surface area contributed by atoms with Gasteiger partial charge in [-0.15, -0.1) is 0 Å². The van der Waals surface area contributed by atoms with Crippen LogP contribution < -0.4 is 37.6 Å². The summed E-state index contributed by atoms with van der Waals surface area (Å²) in [4.78, 5) is 77.7. The van der Waals surface area contributed by atoms with Gasteiger partial charge < -0.3 is 47.6 Å². The van der Waals surface area contributed by atoms with E-state index in [4.69, 9.17) is 5.73 Å². The van der Waals surface area contributed by atoms with Crippen molar-refractivity contribution in [1.82, 2.24) is 46.9 Å². The van der Waals surface area contributed by atoms with Crippen LogP contribution in [-0.4, -0.2) is 94.3 Å². The number of fused-ring (bicyclic) bond motifs is 1. The van der Waals surface area contributed by atoms with Crippen molar-refractivity contribution in [2.45, 2.75) is 102 Å². The van der Waals surface area contributed by atoms with E-state index in [2.05, 4.69) is 53.8 Å². The lowest BCUT2D eigenvalue weighted by Crippen LogP contribution is -2.59. The number of rotatable bonds is 25. The van der Waals surface area contributed by atoms with Crippen molar-refractivity contribution >= 4 is 40.4 Å². The minimum absolute atomic E-state index is 0.106. The van der Waals surface area contributed by atoms with Gasteiger partial charge in [0.1, 0.15) is 18.1 Å². The van der Waals surface area contributed by atoms with Crippen LogP contribution in [0.4, 0.5) is 0 Å². The van der Waals surface area contributed by atoms with Crippen molar-refractivity contribution in [2.75, 3.05) is 19.6 Å². The quantitative estimate of drug-likeness (QED) is 0.0451. The Morgan fingerprint density at radius 2 is 1.38 bits per heavy atom. The Bertz CT molecular complexity index is 1830. The molecular formula is C41H58N10O5. The minimum atomic E-state index is -1.10. The van der Waals surface area contributed by atoms with Crippen molar-refractivity contribution in [3.63, 3.8) is 0 Å². The van der Waals surface area contributed by atoms with E-state index in [1.54, 1.807) is 18.7 Å². The van der Waals surface area contributed by atoms with E-state index in [1.807, 2.05) is 68.4 Å². The molecule has 4 aromatic rings. The lowest BCUT2D eigenvalue weighted by atomic mass is 10.0.